The number of carbonyl (C=O) groups is 1. The van der Waals surface area contributed by atoms with Crippen LogP contribution in [-0.4, -0.2) is 48.8 Å². The fourth-order valence-electron chi connectivity index (χ4n) is 2.85. The van der Waals surface area contributed by atoms with E-state index < -0.39 is 17.9 Å². The first kappa shape index (κ1) is 20.8. The van der Waals surface area contributed by atoms with Crippen molar-refractivity contribution in [2.45, 2.75) is 6.18 Å². The second-order valence-electron chi connectivity index (χ2n) is 6.56. The number of hydrogen-bond donors (Lipinski definition) is 2. The first-order chi connectivity index (χ1) is 15.2. The van der Waals surface area contributed by atoms with Gasteiger partial charge in [0.05, 0.1) is 5.52 Å². The van der Waals surface area contributed by atoms with Crippen molar-refractivity contribution < 1.29 is 27.4 Å². The van der Waals surface area contributed by atoms with Crippen molar-refractivity contribution in [1.82, 2.24) is 24.7 Å². The maximum Gasteiger partial charge on any atom is 0.432 e. The average molecular weight is 445 g/mol. The predicted octanol–water partition coefficient (Wildman–Crippen LogP) is 3.60. The van der Waals surface area contributed by atoms with Crippen LogP contribution in [0.15, 0.2) is 48.9 Å². The molecular weight excluding hydrogens is 431 g/mol. The lowest BCUT2D eigenvalue weighted by Crippen LogP contribution is -2.18. The second-order valence-corrected chi connectivity index (χ2v) is 6.56. The van der Waals surface area contributed by atoms with Gasteiger partial charge in [-0.2, -0.15) is 18.3 Å². The van der Waals surface area contributed by atoms with E-state index in [1.807, 2.05) is 5.10 Å². The van der Waals surface area contributed by atoms with Crippen molar-refractivity contribution in [1.29, 1.82) is 0 Å². The Morgan fingerprint density at radius 3 is 2.78 bits per heavy atom. The Kier molecular flexibility index (Phi) is 5.22. The van der Waals surface area contributed by atoms with Crippen LogP contribution in [0.1, 0.15) is 11.4 Å². The molecule has 164 valence electrons. The van der Waals surface area contributed by atoms with Crippen LogP contribution in [0.25, 0.3) is 10.9 Å². The number of H-pyrrole nitrogens is 1. The first-order valence-electron chi connectivity index (χ1n) is 8.99. The van der Waals surface area contributed by atoms with E-state index in [0.29, 0.717) is 33.2 Å². The summed E-state index contributed by atoms with van der Waals surface area (Å²) in [5.74, 6) is 0.366. The van der Waals surface area contributed by atoms with Crippen LogP contribution < -0.4 is 10.1 Å². The number of nitrogens with zero attached hydrogens (tertiary/aromatic N) is 5. The van der Waals surface area contributed by atoms with E-state index in [2.05, 4.69) is 20.4 Å². The van der Waals surface area contributed by atoms with Crippen molar-refractivity contribution in [2.24, 2.45) is 0 Å². The lowest BCUT2D eigenvalue weighted by atomic mass is 10.2. The van der Waals surface area contributed by atoms with E-state index in [1.54, 1.807) is 24.3 Å². The van der Waals surface area contributed by atoms with E-state index in [9.17, 15) is 23.2 Å². The number of nitrogens with one attached hydrogen (secondary N) is 2. The topological polar surface area (TPSA) is 124 Å². The Hall–Kier alpha value is -4.42. The molecule has 4 aromatic rings. The van der Waals surface area contributed by atoms with Crippen molar-refractivity contribution in [3.63, 3.8) is 0 Å². The molecule has 13 heteroatoms. The number of amides is 1. The Morgan fingerprint density at radius 1 is 1.25 bits per heavy atom. The molecule has 0 fully saturated rings. The summed E-state index contributed by atoms with van der Waals surface area (Å²) in [5, 5.41) is 19.3. The summed E-state index contributed by atoms with van der Waals surface area (Å²) in [7, 11) is 1.32. The number of fused-ring (bicyclic) bond motifs is 1. The van der Waals surface area contributed by atoms with Crippen molar-refractivity contribution in [2.75, 3.05) is 12.4 Å². The summed E-state index contributed by atoms with van der Waals surface area (Å²) in [6.45, 7) is 0. The second kappa shape index (κ2) is 8.02. The van der Waals surface area contributed by atoms with Gasteiger partial charge in [-0.15, -0.1) is 0 Å². The van der Waals surface area contributed by atoms with E-state index in [-0.39, 0.29) is 11.7 Å². The van der Waals surface area contributed by atoms with Crippen molar-refractivity contribution in [3.05, 3.63) is 65.5 Å². The molecule has 0 spiro atoms. The molecule has 32 heavy (non-hydrogen) atoms. The van der Waals surface area contributed by atoms with Gasteiger partial charge in [-0.3, -0.25) is 15.0 Å². The van der Waals surface area contributed by atoms with E-state index in [1.165, 1.54) is 36.4 Å². The Balaban J connectivity index is 1.52. The summed E-state index contributed by atoms with van der Waals surface area (Å²) in [6, 6.07) is 7.99. The van der Waals surface area contributed by atoms with Gasteiger partial charge < -0.3 is 9.94 Å². The average Bonchev–Trinajstić information content (AvgIpc) is 3.34. The van der Waals surface area contributed by atoms with Gasteiger partial charge in [0.2, 0.25) is 5.88 Å². The molecule has 0 saturated carbocycles. The molecule has 0 atom stereocenters. The number of hydroxylamine groups is 1. The van der Waals surface area contributed by atoms with Crippen molar-refractivity contribution in [3.8, 4) is 11.6 Å². The number of carbonyl (C=O) groups excluding carboxylic acids is 1. The number of alkyl halides is 3. The molecule has 4 rings (SSSR count). The maximum absolute atomic E-state index is 12.7. The number of rotatable bonds is 4. The summed E-state index contributed by atoms with van der Waals surface area (Å²) >= 11 is 0. The van der Waals surface area contributed by atoms with Gasteiger partial charge in [0, 0.05) is 23.7 Å². The van der Waals surface area contributed by atoms with Crippen LogP contribution in [-0.2, 0) is 6.18 Å². The Labute approximate surface area is 177 Å². The minimum absolute atomic E-state index is 0.212. The third-order valence-corrected chi connectivity index (χ3v) is 4.20. The molecule has 3 heterocycles. The number of anilines is 1. The summed E-state index contributed by atoms with van der Waals surface area (Å²) in [5.41, 5.74) is -0.214. The highest BCUT2D eigenvalue weighted by molar-refractivity contribution is 5.98. The summed E-state index contributed by atoms with van der Waals surface area (Å²) < 4.78 is 45.5. The molecule has 0 radical (unpaired) electrons. The fourth-order valence-corrected chi connectivity index (χ4v) is 2.85. The third-order valence-electron chi connectivity index (χ3n) is 4.20. The summed E-state index contributed by atoms with van der Waals surface area (Å²) in [4.78, 5) is 20.4. The third kappa shape index (κ3) is 4.50. The molecule has 3 aromatic heterocycles. The van der Waals surface area contributed by atoms with Crippen LogP contribution >= 0.6 is 0 Å². The molecule has 0 aliphatic carbocycles. The van der Waals surface area contributed by atoms with Gasteiger partial charge in [0.25, 0.3) is 0 Å². The fraction of sp³-hybridized carbons (Fsp3) is 0.105. The number of hydrogen-bond acceptors (Lipinski definition) is 6. The van der Waals surface area contributed by atoms with Gasteiger partial charge in [-0.05, 0) is 24.3 Å². The molecule has 1 amide bonds. The molecule has 10 nitrogen and oxygen atoms in total. The van der Waals surface area contributed by atoms with Gasteiger partial charge in [0.15, 0.2) is 12.0 Å². The standard InChI is InChI=1S/C19H14F3N7O3/c1-28(31)9-12-7-17(24-10-23-12)32-13-2-3-14-11(6-13)4-5-29(14)18(30)25-16-8-15(26-27-16)19(20,21)22/h2-10H,1H3,(H2,25,26,27,30)/b28-9-. The molecular formula is C19H14F3N7O3. The van der Waals surface area contributed by atoms with Crippen LogP contribution in [0.3, 0.4) is 0 Å². The molecule has 0 saturated heterocycles. The molecule has 0 bridgehead atoms. The zero-order chi connectivity index (χ0) is 22.9. The number of ether oxygens (including phenoxy) is 1. The van der Waals surface area contributed by atoms with E-state index in [0.717, 1.165) is 0 Å². The molecule has 2 N–H and O–H groups in total. The number of benzene rings is 1. The SMILES string of the molecule is C/[N+]([O-])=C/c1cc(Oc2ccc3c(ccn3C(=O)Nc3cc(C(F)(F)F)[nH]n3)c2)ncn1. The van der Waals surface area contributed by atoms with E-state index in [4.69, 9.17) is 4.74 Å². The quantitative estimate of drug-likeness (QED) is 0.214. The number of aromatic amines is 1. The number of halogens is 3. The van der Waals surface area contributed by atoms with Crippen LogP contribution in [0.5, 0.6) is 11.6 Å². The molecule has 0 aliphatic rings. The largest absolute Gasteiger partial charge is 0.624 e. The van der Waals surface area contributed by atoms with Gasteiger partial charge in [-0.25, -0.2) is 19.5 Å². The highest BCUT2D eigenvalue weighted by Crippen LogP contribution is 2.29. The Morgan fingerprint density at radius 2 is 2.06 bits per heavy atom. The first-order valence-corrected chi connectivity index (χ1v) is 8.99. The highest BCUT2D eigenvalue weighted by Gasteiger charge is 2.33. The van der Waals surface area contributed by atoms with Crippen molar-refractivity contribution >= 4 is 29.0 Å². The van der Waals surface area contributed by atoms with Crippen LogP contribution in [0, 0.1) is 5.21 Å². The Bertz CT molecular complexity index is 1320. The highest BCUT2D eigenvalue weighted by atomic mass is 19.4. The monoisotopic (exact) mass is 445 g/mol. The lowest BCUT2D eigenvalue weighted by molar-refractivity contribution is -0.416. The molecule has 0 aliphatic heterocycles. The van der Waals surface area contributed by atoms with Crippen LogP contribution in [0.4, 0.5) is 23.8 Å². The van der Waals surface area contributed by atoms with E-state index >= 15 is 0 Å². The van der Waals surface area contributed by atoms with Gasteiger partial charge in [-0.1, -0.05) is 0 Å². The minimum atomic E-state index is -4.60. The zero-order valence-corrected chi connectivity index (χ0v) is 16.3. The predicted molar refractivity (Wildman–Crippen MR) is 107 cm³/mol. The smallest absolute Gasteiger partial charge is 0.432 e. The minimum Gasteiger partial charge on any atom is -0.624 e. The lowest BCUT2D eigenvalue weighted by Gasteiger charge is -2.07. The maximum atomic E-state index is 12.7. The molecule has 1 aromatic carbocycles. The zero-order valence-electron chi connectivity index (χ0n) is 16.3. The normalized spacial score (nSPS) is 12.2. The van der Waals surface area contributed by atoms with Gasteiger partial charge >= 0.3 is 12.2 Å². The summed E-state index contributed by atoms with van der Waals surface area (Å²) in [6.07, 6.45) is -0.625. The number of aromatic nitrogens is 5. The van der Waals surface area contributed by atoms with Crippen LogP contribution in [0.2, 0.25) is 0 Å². The van der Waals surface area contributed by atoms with Gasteiger partial charge in [0.1, 0.15) is 30.5 Å². The molecule has 0 unspecified atom stereocenters.